The third-order valence-electron chi connectivity index (χ3n) is 2.58. The molecule has 2 nitrogen and oxygen atoms in total. The number of halogens is 1. The molecule has 78 valence electrons. The molecule has 16 heavy (non-hydrogen) atoms. The highest BCUT2D eigenvalue weighted by Gasteiger charge is 2.01. The van der Waals surface area contributed by atoms with E-state index in [9.17, 15) is 0 Å². The second kappa shape index (κ2) is 3.65. The van der Waals surface area contributed by atoms with Gasteiger partial charge >= 0.3 is 0 Å². The zero-order valence-corrected chi connectivity index (χ0v) is 9.20. The van der Waals surface area contributed by atoms with E-state index in [4.69, 9.17) is 11.6 Å². The number of imidazole rings is 1. The van der Waals surface area contributed by atoms with Crippen LogP contribution in [0.5, 0.6) is 0 Å². The van der Waals surface area contributed by atoms with Gasteiger partial charge in [-0.15, -0.1) is 0 Å². The number of nitrogens with zero attached hydrogens (tertiary/aromatic N) is 1. The van der Waals surface area contributed by atoms with Gasteiger partial charge in [-0.25, -0.2) is 4.98 Å². The first-order valence-corrected chi connectivity index (χ1v) is 5.40. The third kappa shape index (κ3) is 1.57. The Labute approximate surface area is 97.9 Å². The van der Waals surface area contributed by atoms with E-state index in [1.165, 1.54) is 0 Å². The molecule has 0 amide bonds. The molecular weight excluding hydrogens is 220 g/mol. The molecule has 1 aromatic heterocycles. The summed E-state index contributed by atoms with van der Waals surface area (Å²) in [5.74, 6) is 0. The highest BCUT2D eigenvalue weighted by atomic mass is 35.5. The lowest BCUT2D eigenvalue weighted by Gasteiger charge is -2.01. The molecule has 1 N–H and O–H groups in total. The molecule has 2 aromatic carbocycles. The SMILES string of the molecule is Clc1cccc(-c2ccc3nc[nH]c3c2)c1. The Morgan fingerprint density at radius 3 is 2.75 bits per heavy atom. The largest absolute Gasteiger partial charge is 0.345 e. The van der Waals surface area contributed by atoms with Crippen LogP contribution in [0, 0.1) is 0 Å². The summed E-state index contributed by atoms with van der Waals surface area (Å²) < 4.78 is 0. The Morgan fingerprint density at radius 2 is 1.88 bits per heavy atom. The van der Waals surface area contributed by atoms with Crippen molar-refractivity contribution in [3.63, 3.8) is 0 Å². The van der Waals surface area contributed by atoms with E-state index >= 15 is 0 Å². The minimum atomic E-state index is 0.752. The van der Waals surface area contributed by atoms with Crippen molar-refractivity contribution in [3.05, 3.63) is 53.8 Å². The minimum Gasteiger partial charge on any atom is -0.345 e. The zero-order valence-electron chi connectivity index (χ0n) is 8.44. The van der Waals surface area contributed by atoms with Gasteiger partial charge in [0.05, 0.1) is 17.4 Å². The van der Waals surface area contributed by atoms with Crippen LogP contribution in [0.25, 0.3) is 22.2 Å². The standard InChI is InChI=1S/C13H9ClN2/c14-11-3-1-2-9(6-11)10-4-5-12-13(7-10)16-8-15-12/h1-8H,(H,15,16). The number of aromatic nitrogens is 2. The van der Waals surface area contributed by atoms with Crippen molar-refractivity contribution in [3.8, 4) is 11.1 Å². The highest BCUT2D eigenvalue weighted by molar-refractivity contribution is 6.30. The second-order valence-electron chi connectivity index (χ2n) is 3.64. The van der Waals surface area contributed by atoms with Gasteiger partial charge in [0, 0.05) is 5.02 Å². The van der Waals surface area contributed by atoms with Crippen molar-refractivity contribution in [1.29, 1.82) is 0 Å². The summed E-state index contributed by atoms with van der Waals surface area (Å²) in [4.78, 5) is 7.29. The Bertz CT molecular complexity index is 643. The van der Waals surface area contributed by atoms with Crippen LogP contribution in [-0.4, -0.2) is 9.97 Å². The number of H-pyrrole nitrogens is 1. The predicted octanol–water partition coefficient (Wildman–Crippen LogP) is 3.88. The molecule has 0 fully saturated rings. The Hall–Kier alpha value is -1.80. The third-order valence-corrected chi connectivity index (χ3v) is 2.81. The normalized spacial score (nSPS) is 10.8. The first-order chi connectivity index (χ1) is 7.83. The maximum absolute atomic E-state index is 5.97. The van der Waals surface area contributed by atoms with Gasteiger partial charge in [0.1, 0.15) is 0 Å². The van der Waals surface area contributed by atoms with Gasteiger partial charge in [0.25, 0.3) is 0 Å². The Morgan fingerprint density at radius 1 is 1.00 bits per heavy atom. The topological polar surface area (TPSA) is 28.7 Å². The van der Waals surface area contributed by atoms with Gasteiger partial charge in [0.2, 0.25) is 0 Å². The lowest BCUT2D eigenvalue weighted by atomic mass is 10.1. The van der Waals surface area contributed by atoms with Crippen LogP contribution >= 0.6 is 11.6 Å². The van der Waals surface area contributed by atoms with Crippen LogP contribution in [0.15, 0.2) is 48.8 Å². The van der Waals surface area contributed by atoms with E-state index in [1.54, 1.807) is 6.33 Å². The van der Waals surface area contributed by atoms with Crippen LogP contribution in [0.3, 0.4) is 0 Å². The molecule has 0 radical (unpaired) electrons. The summed E-state index contributed by atoms with van der Waals surface area (Å²) in [6, 6.07) is 14.0. The number of hydrogen-bond donors (Lipinski definition) is 1. The van der Waals surface area contributed by atoms with Crippen LogP contribution in [0.1, 0.15) is 0 Å². The highest BCUT2D eigenvalue weighted by Crippen LogP contribution is 2.24. The maximum Gasteiger partial charge on any atom is 0.0931 e. The van der Waals surface area contributed by atoms with Crippen molar-refractivity contribution in [2.75, 3.05) is 0 Å². The molecule has 0 aliphatic heterocycles. The van der Waals surface area contributed by atoms with E-state index < -0.39 is 0 Å². The fourth-order valence-corrected chi connectivity index (χ4v) is 1.97. The summed E-state index contributed by atoms with van der Waals surface area (Å²) in [6.07, 6.45) is 1.70. The molecule has 0 saturated carbocycles. The molecule has 0 spiro atoms. The van der Waals surface area contributed by atoms with Crippen molar-refractivity contribution in [1.82, 2.24) is 9.97 Å². The van der Waals surface area contributed by atoms with Crippen LogP contribution < -0.4 is 0 Å². The van der Waals surface area contributed by atoms with Crippen molar-refractivity contribution in [2.45, 2.75) is 0 Å². The van der Waals surface area contributed by atoms with E-state index in [-0.39, 0.29) is 0 Å². The number of nitrogens with one attached hydrogen (secondary N) is 1. The smallest absolute Gasteiger partial charge is 0.0931 e. The fraction of sp³-hybridized carbons (Fsp3) is 0. The van der Waals surface area contributed by atoms with Gasteiger partial charge in [0.15, 0.2) is 0 Å². The molecule has 0 bridgehead atoms. The van der Waals surface area contributed by atoms with Crippen molar-refractivity contribution in [2.24, 2.45) is 0 Å². The molecule has 0 atom stereocenters. The quantitative estimate of drug-likeness (QED) is 0.673. The van der Waals surface area contributed by atoms with Gasteiger partial charge in [-0.3, -0.25) is 0 Å². The van der Waals surface area contributed by atoms with E-state index in [1.807, 2.05) is 30.3 Å². The van der Waals surface area contributed by atoms with Gasteiger partial charge in [-0.1, -0.05) is 29.8 Å². The van der Waals surface area contributed by atoms with E-state index in [2.05, 4.69) is 22.1 Å². The van der Waals surface area contributed by atoms with Gasteiger partial charge in [-0.05, 0) is 35.4 Å². The second-order valence-corrected chi connectivity index (χ2v) is 4.08. The van der Waals surface area contributed by atoms with Crippen molar-refractivity contribution < 1.29 is 0 Å². The lowest BCUT2D eigenvalue weighted by molar-refractivity contribution is 1.34. The molecular formula is C13H9ClN2. The first kappa shape index (κ1) is 9.43. The molecule has 0 aliphatic carbocycles. The molecule has 3 heteroatoms. The summed E-state index contributed by atoms with van der Waals surface area (Å²) in [5.41, 5.74) is 4.27. The molecule has 3 aromatic rings. The minimum absolute atomic E-state index is 0.752. The van der Waals surface area contributed by atoms with Crippen LogP contribution in [0.4, 0.5) is 0 Å². The monoisotopic (exact) mass is 228 g/mol. The Kier molecular flexibility index (Phi) is 2.15. The summed E-state index contributed by atoms with van der Waals surface area (Å²) in [7, 11) is 0. The number of hydrogen-bond acceptors (Lipinski definition) is 1. The Balaban J connectivity index is 2.18. The fourth-order valence-electron chi connectivity index (χ4n) is 1.78. The summed E-state index contributed by atoms with van der Waals surface area (Å²) >= 11 is 5.97. The maximum atomic E-state index is 5.97. The lowest BCUT2D eigenvalue weighted by Crippen LogP contribution is -1.78. The van der Waals surface area contributed by atoms with Gasteiger partial charge in [-0.2, -0.15) is 0 Å². The number of benzene rings is 2. The van der Waals surface area contributed by atoms with Gasteiger partial charge < -0.3 is 4.98 Å². The van der Waals surface area contributed by atoms with Crippen molar-refractivity contribution >= 4 is 22.6 Å². The summed E-state index contributed by atoms with van der Waals surface area (Å²) in [5, 5.41) is 0.752. The van der Waals surface area contributed by atoms with Crippen LogP contribution in [0.2, 0.25) is 5.02 Å². The van der Waals surface area contributed by atoms with Crippen LogP contribution in [-0.2, 0) is 0 Å². The molecule has 0 saturated heterocycles. The average Bonchev–Trinajstić information content (AvgIpc) is 2.75. The molecule has 0 unspecified atom stereocenters. The number of aromatic amines is 1. The number of rotatable bonds is 1. The van der Waals surface area contributed by atoms with E-state index in [0.717, 1.165) is 27.2 Å². The zero-order chi connectivity index (χ0) is 11.0. The molecule has 1 heterocycles. The number of fused-ring (bicyclic) bond motifs is 1. The predicted molar refractivity (Wildman–Crippen MR) is 66.5 cm³/mol. The van der Waals surface area contributed by atoms with E-state index in [0.29, 0.717) is 0 Å². The average molecular weight is 229 g/mol. The molecule has 3 rings (SSSR count). The first-order valence-electron chi connectivity index (χ1n) is 5.02. The summed E-state index contributed by atoms with van der Waals surface area (Å²) in [6.45, 7) is 0. The molecule has 0 aliphatic rings.